The second kappa shape index (κ2) is 7.54. The van der Waals surface area contributed by atoms with Crippen LogP contribution in [0.2, 0.25) is 0 Å². The highest BCUT2D eigenvalue weighted by Gasteiger charge is 2.35. The van der Waals surface area contributed by atoms with Gasteiger partial charge in [-0.2, -0.15) is 27.4 Å². The van der Waals surface area contributed by atoms with E-state index >= 15 is 0 Å². The van der Waals surface area contributed by atoms with Crippen molar-refractivity contribution in [2.24, 2.45) is 5.92 Å². The van der Waals surface area contributed by atoms with Crippen LogP contribution in [0.15, 0.2) is 24.7 Å². The molecular formula is C17H15FN6OS. The van der Waals surface area contributed by atoms with Crippen molar-refractivity contribution in [1.29, 1.82) is 10.5 Å². The van der Waals surface area contributed by atoms with E-state index in [0.717, 1.165) is 23.9 Å². The van der Waals surface area contributed by atoms with E-state index in [-0.39, 0.29) is 5.92 Å². The number of amides is 1. The van der Waals surface area contributed by atoms with Crippen LogP contribution >= 0.6 is 11.8 Å². The number of nitrogens with zero attached hydrogens (tertiary/aromatic N) is 6. The van der Waals surface area contributed by atoms with Gasteiger partial charge in [0.2, 0.25) is 0 Å². The average molecular weight is 370 g/mol. The fraction of sp³-hybridized carbons (Fsp3) is 0.353. The van der Waals surface area contributed by atoms with Crippen molar-refractivity contribution < 1.29 is 9.18 Å². The summed E-state index contributed by atoms with van der Waals surface area (Å²) in [5.74, 6) is -1.56. The van der Waals surface area contributed by atoms with Crippen molar-refractivity contribution in [3.63, 3.8) is 0 Å². The first kappa shape index (κ1) is 17.9. The molecule has 7 nitrogen and oxygen atoms in total. The van der Waals surface area contributed by atoms with Gasteiger partial charge in [-0.25, -0.2) is 14.0 Å². The van der Waals surface area contributed by atoms with Crippen molar-refractivity contribution in [2.75, 3.05) is 16.9 Å². The zero-order valence-electron chi connectivity index (χ0n) is 14.0. The van der Waals surface area contributed by atoms with Crippen LogP contribution in [0.3, 0.4) is 0 Å². The standard InChI is InChI=1S/C17H15FN6OS/c1-26-9-12(5-19)17(25)23(10-20)15-8-24(22-16(15)11-2-3-11)14-4-13(18)6-21-7-14/h4,6-8,11-12H,2-3,9H2,1H3. The maximum atomic E-state index is 13.5. The fourth-order valence-electron chi connectivity index (χ4n) is 2.56. The molecular weight excluding hydrogens is 355 g/mol. The number of aromatic nitrogens is 3. The number of halogens is 1. The van der Waals surface area contributed by atoms with E-state index in [1.54, 1.807) is 6.26 Å². The Hall–Kier alpha value is -2.91. The van der Waals surface area contributed by atoms with Gasteiger partial charge in [-0.15, -0.1) is 0 Å². The van der Waals surface area contributed by atoms with Gasteiger partial charge < -0.3 is 0 Å². The molecule has 1 atom stereocenters. The number of carbonyl (C=O) groups excluding carboxylic acids is 1. The van der Waals surface area contributed by atoms with Crippen LogP contribution in [-0.2, 0) is 4.79 Å². The molecule has 1 saturated carbocycles. The molecule has 0 N–H and O–H groups in total. The van der Waals surface area contributed by atoms with Crippen molar-refractivity contribution in [2.45, 2.75) is 18.8 Å². The third kappa shape index (κ3) is 3.53. The summed E-state index contributed by atoms with van der Waals surface area (Å²) in [5, 5.41) is 23.2. The van der Waals surface area contributed by atoms with Crippen LogP contribution in [0.5, 0.6) is 0 Å². The molecule has 1 aliphatic rings. The first-order chi connectivity index (χ1) is 12.6. The van der Waals surface area contributed by atoms with Gasteiger partial charge in [0.05, 0.1) is 36.0 Å². The maximum Gasteiger partial charge on any atom is 0.258 e. The summed E-state index contributed by atoms with van der Waals surface area (Å²) in [6, 6.07) is 3.22. The summed E-state index contributed by atoms with van der Waals surface area (Å²) in [6.45, 7) is 0. The van der Waals surface area contributed by atoms with E-state index in [1.165, 1.54) is 34.9 Å². The molecule has 0 saturated heterocycles. The Balaban J connectivity index is 2.01. The fourth-order valence-corrected chi connectivity index (χ4v) is 3.11. The predicted molar refractivity (Wildman–Crippen MR) is 93.9 cm³/mol. The molecule has 0 spiro atoms. The number of hydrogen-bond donors (Lipinski definition) is 0. The molecule has 26 heavy (non-hydrogen) atoms. The Bertz CT molecular complexity index is 911. The summed E-state index contributed by atoms with van der Waals surface area (Å²) in [6.07, 6.45) is 9.52. The van der Waals surface area contributed by atoms with Crippen LogP contribution in [-0.4, -0.2) is 32.7 Å². The lowest BCUT2D eigenvalue weighted by Gasteiger charge is -2.16. The van der Waals surface area contributed by atoms with Gasteiger partial charge >= 0.3 is 0 Å². The summed E-state index contributed by atoms with van der Waals surface area (Å²) in [7, 11) is 0. The Morgan fingerprint density at radius 2 is 2.27 bits per heavy atom. The molecule has 0 bridgehead atoms. The minimum absolute atomic E-state index is 0.150. The Labute approximate surface area is 154 Å². The number of nitriles is 2. The zero-order chi connectivity index (χ0) is 18.7. The third-order valence-electron chi connectivity index (χ3n) is 3.99. The van der Waals surface area contributed by atoms with Gasteiger partial charge in [0.1, 0.15) is 17.4 Å². The molecule has 2 heterocycles. The first-order valence-electron chi connectivity index (χ1n) is 7.91. The number of thioether (sulfide) groups is 1. The minimum atomic E-state index is -0.920. The largest absolute Gasteiger partial charge is 0.272 e. The first-order valence-corrected chi connectivity index (χ1v) is 9.31. The molecule has 132 valence electrons. The van der Waals surface area contributed by atoms with Crippen molar-refractivity contribution in [1.82, 2.24) is 14.8 Å². The van der Waals surface area contributed by atoms with Crippen LogP contribution < -0.4 is 4.90 Å². The number of rotatable bonds is 6. The number of pyridine rings is 1. The van der Waals surface area contributed by atoms with Crippen molar-refractivity contribution in [3.05, 3.63) is 36.2 Å². The SMILES string of the molecule is CSCC(C#N)C(=O)N(C#N)c1cn(-c2cncc(F)c2)nc1C1CC1. The van der Waals surface area contributed by atoms with Gasteiger partial charge in [-0.1, -0.05) is 0 Å². The van der Waals surface area contributed by atoms with Crippen molar-refractivity contribution in [3.8, 4) is 17.9 Å². The molecule has 1 aliphatic carbocycles. The molecule has 0 aromatic carbocycles. The Morgan fingerprint density at radius 3 is 2.85 bits per heavy atom. The number of hydrogen-bond acceptors (Lipinski definition) is 6. The minimum Gasteiger partial charge on any atom is -0.272 e. The molecule has 0 radical (unpaired) electrons. The summed E-state index contributed by atoms with van der Waals surface area (Å²) in [4.78, 5) is 17.4. The molecule has 2 aromatic heterocycles. The third-order valence-corrected chi connectivity index (χ3v) is 4.66. The van der Waals surface area contributed by atoms with Crippen LogP contribution in [0.1, 0.15) is 24.5 Å². The maximum absolute atomic E-state index is 13.5. The molecule has 9 heteroatoms. The second-order valence-corrected chi connectivity index (χ2v) is 6.80. The molecule has 0 aliphatic heterocycles. The lowest BCUT2D eigenvalue weighted by Crippen LogP contribution is -2.33. The molecule has 1 amide bonds. The highest BCUT2D eigenvalue weighted by molar-refractivity contribution is 7.98. The van der Waals surface area contributed by atoms with E-state index in [0.29, 0.717) is 22.8 Å². The molecule has 1 unspecified atom stereocenters. The van der Waals surface area contributed by atoms with E-state index in [4.69, 9.17) is 0 Å². The van der Waals surface area contributed by atoms with Gasteiger partial charge in [0, 0.05) is 17.7 Å². The number of anilines is 1. The lowest BCUT2D eigenvalue weighted by atomic mass is 10.1. The van der Waals surface area contributed by atoms with E-state index < -0.39 is 17.6 Å². The van der Waals surface area contributed by atoms with E-state index in [1.807, 2.05) is 12.3 Å². The molecule has 2 aromatic rings. The lowest BCUT2D eigenvalue weighted by molar-refractivity contribution is -0.119. The monoisotopic (exact) mass is 370 g/mol. The topological polar surface area (TPSA) is 98.6 Å². The van der Waals surface area contributed by atoms with Crippen molar-refractivity contribution >= 4 is 23.4 Å². The van der Waals surface area contributed by atoms with Crippen LogP contribution in [0, 0.1) is 34.5 Å². The predicted octanol–water partition coefficient (Wildman–Crippen LogP) is 2.60. The quantitative estimate of drug-likeness (QED) is 0.572. The Kier molecular flexibility index (Phi) is 5.19. The summed E-state index contributed by atoms with van der Waals surface area (Å²) < 4.78 is 14.9. The summed E-state index contributed by atoms with van der Waals surface area (Å²) >= 11 is 1.36. The Morgan fingerprint density at radius 1 is 1.50 bits per heavy atom. The molecule has 3 rings (SSSR count). The van der Waals surface area contributed by atoms with E-state index in [2.05, 4.69) is 10.1 Å². The molecule has 1 fully saturated rings. The normalized spacial score (nSPS) is 14.3. The zero-order valence-corrected chi connectivity index (χ0v) is 14.8. The highest BCUT2D eigenvalue weighted by atomic mass is 32.2. The van der Waals surface area contributed by atoms with Gasteiger partial charge in [-0.05, 0) is 19.1 Å². The summed E-state index contributed by atoms with van der Waals surface area (Å²) in [5.41, 5.74) is 1.33. The smallest absolute Gasteiger partial charge is 0.258 e. The van der Waals surface area contributed by atoms with Crippen LogP contribution in [0.4, 0.5) is 10.1 Å². The highest BCUT2D eigenvalue weighted by Crippen LogP contribution is 2.44. The van der Waals surface area contributed by atoms with Crippen LogP contribution in [0.25, 0.3) is 5.69 Å². The van der Waals surface area contributed by atoms with E-state index in [9.17, 15) is 19.7 Å². The van der Waals surface area contributed by atoms with Gasteiger partial charge in [-0.3, -0.25) is 9.78 Å². The van der Waals surface area contributed by atoms with Gasteiger partial charge in [0.15, 0.2) is 6.19 Å². The van der Waals surface area contributed by atoms with Gasteiger partial charge in [0.25, 0.3) is 5.91 Å². The average Bonchev–Trinajstić information content (AvgIpc) is 3.40. The second-order valence-electron chi connectivity index (χ2n) is 5.89. The number of carbonyl (C=O) groups is 1.